The third-order valence-corrected chi connectivity index (χ3v) is 4.65. The van der Waals surface area contributed by atoms with E-state index in [4.69, 9.17) is 0 Å². The molecule has 0 saturated carbocycles. The van der Waals surface area contributed by atoms with Crippen LogP contribution in [0.15, 0.2) is 47.7 Å². The fourth-order valence-corrected chi connectivity index (χ4v) is 3.30. The summed E-state index contributed by atoms with van der Waals surface area (Å²) < 4.78 is 39.3. The van der Waals surface area contributed by atoms with E-state index in [0.29, 0.717) is 32.0 Å². The van der Waals surface area contributed by atoms with Gasteiger partial charge in [0.05, 0.1) is 12.2 Å². The van der Waals surface area contributed by atoms with E-state index in [1.165, 1.54) is 10.5 Å². The van der Waals surface area contributed by atoms with Crippen LogP contribution in [0.3, 0.4) is 0 Å². The Morgan fingerprint density at radius 2 is 2.03 bits per heavy atom. The highest BCUT2D eigenvalue weighted by molar-refractivity contribution is 14.0. The number of aliphatic imine (C=N–C) groups is 1. The van der Waals surface area contributed by atoms with Gasteiger partial charge in [-0.15, -0.1) is 24.0 Å². The highest BCUT2D eigenvalue weighted by atomic mass is 127. The van der Waals surface area contributed by atoms with Crippen LogP contribution in [0.1, 0.15) is 12.0 Å². The van der Waals surface area contributed by atoms with Crippen LogP contribution in [-0.2, 0) is 6.42 Å². The summed E-state index contributed by atoms with van der Waals surface area (Å²) in [5.74, 6) is 0.618. The lowest BCUT2D eigenvalue weighted by atomic mass is 10.1. The minimum absolute atomic E-state index is 0. The van der Waals surface area contributed by atoms with Crippen molar-refractivity contribution >= 4 is 29.9 Å². The molecule has 0 bridgehead atoms. The quantitative estimate of drug-likeness (QED) is 0.348. The number of hydrogen-bond donors (Lipinski definition) is 2. The van der Waals surface area contributed by atoms with E-state index in [9.17, 15) is 13.2 Å². The summed E-state index contributed by atoms with van der Waals surface area (Å²) in [5.41, 5.74) is 2.18. The molecule has 1 aliphatic heterocycles. The van der Waals surface area contributed by atoms with Gasteiger partial charge in [0.25, 0.3) is 0 Å². The summed E-state index contributed by atoms with van der Waals surface area (Å²) in [7, 11) is 1.66. The normalized spacial score (nSPS) is 17.8. The van der Waals surface area contributed by atoms with Gasteiger partial charge >= 0.3 is 6.18 Å². The zero-order valence-corrected chi connectivity index (χ0v) is 18.5. The Morgan fingerprint density at radius 3 is 2.66 bits per heavy atom. The van der Waals surface area contributed by atoms with E-state index in [2.05, 4.69) is 32.9 Å². The highest BCUT2D eigenvalue weighted by Crippen LogP contribution is 2.19. The number of hydrogen-bond acceptors (Lipinski definition) is 3. The Kier molecular flexibility index (Phi) is 8.75. The van der Waals surface area contributed by atoms with Crippen LogP contribution in [0.4, 0.5) is 13.2 Å². The first-order chi connectivity index (χ1) is 13.4. The van der Waals surface area contributed by atoms with Crippen molar-refractivity contribution < 1.29 is 13.2 Å². The molecule has 160 valence electrons. The smallest absolute Gasteiger partial charge is 0.356 e. The molecule has 2 N–H and O–H groups in total. The van der Waals surface area contributed by atoms with Gasteiger partial charge in [0.2, 0.25) is 0 Å². The van der Waals surface area contributed by atoms with Gasteiger partial charge in [0.1, 0.15) is 0 Å². The molecule has 0 spiro atoms. The fraction of sp³-hybridized carbons (Fsp3) is 0.474. The summed E-state index contributed by atoms with van der Waals surface area (Å²) in [6.07, 6.45) is 0.965. The van der Waals surface area contributed by atoms with E-state index in [1.54, 1.807) is 17.9 Å². The second-order valence-corrected chi connectivity index (χ2v) is 6.85. The number of guanidine groups is 1. The average Bonchev–Trinajstić information content (AvgIpc) is 3.32. The molecule has 1 aromatic carbocycles. The molecule has 2 heterocycles. The molecular weight excluding hydrogens is 496 g/mol. The first-order valence-corrected chi connectivity index (χ1v) is 9.28. The van der Waals surface area contributed by atoms with Gasteiger partial charge < -0.3 is 10.6 Å². The third kappa shape index (κ3) is 7.50. The Hall–Kier alpha value is -1.82. The van der Waals surface area contributed by atoms with Crippen LogP contribution in [0.5, 0.6) is 0 Å². The molecule has 1 aromatic heterocycles. The zero-order chi connectivity index (χ0) is 20.0. The molecular formula is C19H26F3IN6. The van der Waals surface area contributed by atoms with Crippen LogP contribution in [0, 0.1) is 0 Å². The van der Waals surface area contributed by atoms with E-state index >= 15 is 0 Å². The summed E-state index contributed by atoms with van der Waals surface area (Å²) in [6, 6.07) is 10.00. The predicted molar refractivity (Wildman–Crippen MR) is 118 cm³/mol. The van der Waals surface area contributed by atoms with Crippen molar-refractivity contribution in [1.29, 1.82) is 0 Å². The van der Waals surface area contributed by atoms with Gasteiger partial charge in [-0.2, -0.15) is 18.3 Å². The minimum Gasteiger partial charge on any atom is -0.356 e. The molecule has 1 saturated heterocycles. The van der Waals surface area contributed by atoms with Gasteiger partial charge in [-0.25, -0.2) is 4.68 Å². The lowest BCUT2D eigenvalue weighted by molar-refractivity contribution is -0.143. The van der Waals surface area contributed by atoms with Gasteiger partial charge in [0.15, 0.2) is 5.96 Å². The number of aromatic nitrogens is 2. The average molecular weight is 522 g/mol. The molecule has 1 aliphatic rings. The number of likely N-dealkylation sites (tertiary alicyclic amines) is 1. The molecule has 1 atom stereocenters. The third-order valence-electron chi connectivity index (χ3n) is 4.65. The first-order valence-electron chi connectivity index (χ1n) is 9.28. The van der Waals surface area contributed by atoms with Crippen molar-refractivity contribution in [3.8, 4) is 5.69 Å². The molecule has 1 fully saturated rings. The maximum atomic E-state index is 12.5. The SMILES string of the molecule is CN=C(NCCc1ccc(-n2cccn2)cc1)NC1CCN(CC(F)(F)F)C1.I. The predicted octanol–water partition coefficient (Wildman–Crippen LogP) is 2.83. The van der Waals surface area contributed by atoms with Crippen molar-refractivity contribution in [2.75, 3.05) is 33.2 Å². The number of halogens is 4. The van der Waals surface area contributed by atoms with E-state index < -0.39 is 12.7 Å². The lowest BCUT2D eigenvalue weighted by Crippen LogP contribution is -2.45. The molecule has 29 heavy (non-hydrogen) atoms. The van der Waals surface area contributed by atoms with Crippen LogP contribution in [-0.4, -0.2) is 66.1 Å². The van der Waals surface area contributed by atoms with E-state index in [1.807, 2.05) is 24.4 Å². The van der Waals surface area contributed by atoms with Crippen LogP contribution in [0.2, 0.25) is 0 Å². The van der Waals surface area contributed by atoms with Crippen molar-refractivity contribution in [3.05, 3.63) is 48.3 Å². The molecule has 0 aliphatic carbocycles. The van der Waals surface area contributed by atoms with E-state index in [0.717, 1.165) is 12.1 Å². The van der Waals surface area contributed by atoms with Gasteiger partial charge in [-0.1, -0.05) is 12.1 Å². The fourth-order valence-electron chi connectivity index (χ4n) is 3.30. The number of nitrogens with one attached hydrogen (secondary N) is 2. The van der Waals surface area contributed by atoms with Crippen molar-refractivity contribution in [2.24, 2.45) is 4.99 Å². The zero-order valence-electron chi connectivity index (χ0n) is 16.2. The topological polar surface area (TPSA) is 57.5 Å². The molecule has 6 nitrogen and oxygen atoms in total. The number of rotatable bonds is 6. The molecule has 0 radical (unpaired) electrons. The maximum Gasteiger partial charge on any atom is 0.401 e. The molecule has 0 amide bonds. The molecule has 1 unspecified atom stereocenters. The minimum atomic E-state index is -4.15. The molecule has 10 heteroatoms. The van der Waals surface area contributed by atoms with Crippen LogP contribution in [0.25, 0.3) is 5.69 Å². The standard InChI is InChI=1S/C19H25F3N6.HI/c1-23-18(26-16-8-12-27(13-16)14-19(20,21)22)24-10-7-15-3-5-17(6-4-15)28-11-2-9-25-28;/h2-6,9,11,16H,7-8,10,12-14H2,1H3,(H2,23,24,26);1H. The monoisotopic (exact) mass is 522 g/mol. The van der Waals surface area contributed by atoms with Gasteiger partial charge in [-0.3, -0.25) is 9.89 Å². The Labute approximate surface area is 185 Å². The largest absolute Gasteiger partial charge is 0.401 e. The lowest BCUT2D eigenvalue weighted by Gasteiger charge is -2.19. The van der Waals surface area contributed by atoms with Crippen LogP contribution < -0.4 is 10.6 Å². The van der Waals surface area contributed by atoms with Crippen LogP contribution >= 0.6 is 24.0 Å². The summed E-state index contributed by atoms with van der Waals surface area (Å²) in [5, 5.41) is 10.6. The summed E-state index contributed by atoms with van der Waals surface area (Å²) in [6.45, 7) is 0.636. The second kappa shape index (κ2) is 10.8. The second-order valence-electron chi connectivity index (χ2n) is 6.85. The molecule has 3 rings (SSSR count). The van der Waals surface area contributed by atoms with Gasteiger partial charge in [-0.05, 0) is 36.6 Å². The van der Waals surface area contributed by atoms with E-state index in [-0.39, 0.29) is 30.0 Å². The molecule has 2 aromatic rings. The van der Waals surface area contributed by atoms with Crippen molar-refractivity contribution in [2.45, 2.75) is 25.1 Å². The van der Waals surface area contributed by atoms with Crippen molar-refractivity contribution in [1.82, 2.24) is 25.3 Å². The highest BCUT2D eigenvalue weighted by Gasteiger charge is 2.34. The number of nitrogens with zero attached hydrogens (tertiary/aromatic N) is 4. The summed E-state index contributed by atoms with van der Waals surface area (Å²) >= 11 is 0. The van der Waals surface area contributed by atoms with Crippen molar-refractivity contribution in [3.63, 3.8) is 0 Å². The Morgan fingerprint density at radius 1 is 1.28 bits per heavy atom. The van der Waals surface area contributed by atoms with Gasteiger partial charge in [0, 0.05) is 45.1 Å². The number of alkyl halides is 3. The summed E-state index contributed by atoms with van der Waals surface area (Å²) in [4.78, 5) is 5.60. The maximum absolute atomic E-state index is 12.5. The first kappa shape index (κ1) is 23.5. The Balaban J connectivity index is 0.00000300. The number of benzene rings is 1. The Bertz CT molecular complexity index is 761.